The van der Waals surface area contributed by atoms with E-state index in [0.717, 1.165) is 17.1 Å². The highest BCUT2D eigenvalue weighted by Crippen LogP contribution is 2.42. The van der Waals surface area contributed by atoms with Gasteiger partial charge in [0.2, 0.25) is 0 Å². The second-order valence-corrected chi connectivity index (χ2v) is 15.7. The fourth-order valence-electron chi connectivity index (χ4n) is 8.95. The molecule has 0 aliphatic heterocycles. The molecule has 0 unspecified atom stereocenters. The summed E-state index contributed by atoms with van der Waals surface area (Å²) in [7, 11) is 0. The van der Waals surface area contributed by atoms with Crippen LogP contribution in [0.2, 0.25) is 0 Å². The molecule has 0 aliphatic carbocycles. The molecule has 0 spiro atoms. The first kappa shape index (κ1) is 36.1. The molecule has 0 bridgehead atoms. The maximum atomic E-state index is 2.36. The van der Waals surface area contributed by atoms with Crippen LogP contribution >= 0.6 is 0 Å². The van der Waals surface area contributed by atoms with Crippen LogP contribution in [-0.4, -0.2) is 0 Å². The molecule has 0 heterocycles. The molecule has 0 radical (unpaired) electrons. The number of fused-ring (bicyclic) bond motifs is 4. The van der Waals surface area contributed by atoms with Gasteiger partial charge >= 0.3 is 0 Å². The zero-order chi connectivity index (χ0) is 40.5. The highest BCUT2D eigenvalue weighted by atomic mass is 15.1. The molecule has 0 amide bonds. The van der Waals surface area contributed by atoms with Crippen LogP contribution in [0.15, 0.2) is 249 Å². The second-order valence-electron chi connectivity index (χ2n) is 15.7. The van der Waals surface area contributed by atoms with Crippen LogP contribution in [0.1, 0.15) is 0 Å². The highest BCUT2D eigenvalue weighted by molar-refractivity contribution is 6.08. The van der Waals surface area contributed by atoms with Crippen molar-refractivity contribution in [3.63, 3.8) is 0 Å². The fourth-order valence-corrected chi connectivity index (χ4v) is 8.95. The minimum absolute atomic E-state index is 1.09. The number of anilines is 3. The maximum Gasteiger partial charge on any atom is 0.0462 e. The third-order valence-electron chi connectivity index (χ3n) is 12.1. The van der Waals surface area contributed by atoms with Crippen LogP contribution in [0.25, 0.3) is 88.0 Å². The lowest BCUT2D eigenvalue weighted by molar-refractivity contribution is 1.28. The van der Waals surface area contributed by atoms with Crippen LogP contribution in [0.3, 0.4) is 0 Å². The van der Waals surface area contributed by atoms with Crippen molar-refractivity contribution >= 4 is 49.4 Å². The zero-order valence-corrected chi connectivity index (χ0v) is 33.6. The SMILES string of the molecule is c1ccc(-c2ccc(-c3ccc(N(c4ccc(-c5ccc6c(ccc7ccccc76)c5)cc4)c4ccc(-c5ccc6ccccc6c5-c5ccccc5)cc4)cc3)cc2)cc1. The molecule has 1 nitrogen and oxygen atoms in total. The van der Waals surface area contributed by atoms with Crippen LogP contribution < -0.4 is 4.90 Å². The third kappa shape index (κ3) is 6.93. The summed E-state index contributed by atoms with van der Waals surface area (Å²) in [6, 6.07) is 90.3. The van der Waals surface area contributed by atoms with Gasteiger partial charge in [-0.15, -0.1) is 0 Å². The summed E-state index contributed by atoms with van der Waals surface area (Å²) in [6.45, 7) is 0. The molecular formula is C60H41N. The van der Waals surface area contributed by atoms with Gasteiger partial charge in [-0.3, -0.25) is 0 Å². The molecule has 0 N–H and O–H groups in total. The van der Waals surface area contributed by atoms with Crippen molar-refractivity contribution in [2.24, 2.45) is 0 Å². The molecule has 0 aliphatic rings. The molecule has 0 saturated carbocycles. The summed E-state index contributed by atoms with van der Waals surface area (Å²) in [4.78, 5) is 2.36. The average molecular weight is 776 g/mol. The Kier molecular flexibility index (Phi) is 9.26. The molecular weight excluding hydrogens is 735 g/mol. The van der Waals surface area contributed by atoms with Crippen molar-refractivity contribution in [3.8, 4) is 55.6 Å². The molecule has 0 saturated heterocycles. The Labute approximate surface area is 357 Å². The van der Waals surface area contributed by atoms with Gasteiger partial charge in [0.1, 0.15) is 0 Å². The van der Waals surface area contributed by atoms with Gasteiger partial charge in [0.05, 0.1) is 0 Å². The Balaban J connectivity index is 0.967. The topological polar surface area (TPSA) is 3.24 Å². The first-order valence-corrected chi connectivity index (χ1v) is 21.0. The molecule has 11 aromatic carbocycles. The third-order valence-corrected chi connectivity index (χ3v) is 12.1. The van der Waals surface area contributed by atoms with Crippen molar-refractivity contribution in [2.75, 3.05) is 4.90 Å². The van der Waals surface area contributed by atoms with Gasteiger partial charge in [0.25, 0.3) is 0 Å². The fraction of sp³-hybridized carbons (Fsp3) is 0. The zero-order valence-electron chi connectivity index (χ0n) is 33.6. The Morgan fingerprint density at radius 3 is 1.18 bits per heavy atom. The summed E-state index contributed by atoms with van der Waals surface area (Å²) in [6.07, 6.45) is 0. The van der Waals surface area contributed by atoms with Crippen LogP contribution in [-0.2, 0) is 0 Å². The van der Waals surface area contributed by atoms with Crippen molar-refractivity contribution in [1.82, 2.24) is 0 Å². The quantitative estimate of drug-likeness (QED) is 0.139. The van der Waals surface area contributed by atoms with Crippen molar-refractivity contribution < 1.29 is 0 Å². The van der Waals surface area contributed by atoms with E-state index in [1.165, 1.54) is 88.0 Å². The molecule has 286 valence electrons. The number of hydrogen-bond acceptors (Lipinski definition) is 1. The molecule has 61 heavy (non-hydrogen) atoms. The van der Waals surface area contributed by atoms with Crippen LogP contribution in [0.4, 0.5) is 17.1 Å². The Morgan fingerprint density at radius 1 is 0.213 bits per heavy atom. The van der Waals surface area contributed by atoms with E-state index < -0.39 is 0 Å². The van der Waals surface area contributed by atoms with Gasteiger partial charge in [0.15, 0.2) is 0 Å². The van der Waals surface area contributed by atoms with E-state index in [4.69, 9.17) is 0 Å². The molecule has 1 heteroatoms. The molecule has 0 aromatic heterocycles. The van der Waals surface area contributed by atoms with E-state index in [2.05, 4.69) is 254 Å². The molecule has 0 atom stereocenters. The standard InChI is InChI=1S/C60H41N/c1-3-11-42(12-4-1)43-19-21-44(22-20-43)45-25-33-53(34-26-45)61(54-35-27-46(28-36-54)51-32-39-57-52(41-51)24-23-47-13-7-9-17-56(47)57)55-37-29-49(30-38-55)59-40-31-48-14-8-10-18-58(48)60(59)50-15-5-2-6-16-50/h1-41H. The summed E-state index contributed by atoms with van der Waals surface area (Å²) < 4.78 is 0. The predicted molar refractivity (Wildman–Crippen MR) is 261 cm³/mol. The van der Waals surface area contributed by atoms with Crippen molar-refractivity contribution in [1.29, 1.82) is 0 Å². The van der Waals surface area contributed by atoms with Crippen LogP contribution in [0.5, 0.6) is 0 Å². The Morgan fingerprint density at radius 2 is 0.590 bits per heavy atom. The predicted octanol–water partition coefficient (Wildman–Crippen LogP) is 17.0. The maximum absolute atomic E-state index is 2.36. The van der Waals surface area contributed by atoms with E-state index in [-0.39, 0.29) is 0 Å². The summed E-state index contributed by atoms with van der Waals surface area (Å²) in [5, 5.41) is 7.58. The lowest BCUT2D eigenvalue weighted by atomic mass is 9.90. The van der Waals surface area contributed by atoms with E-state index in [9.17, 15) is 0 Å². The molecule has 11 rings (SSSR count). The highest BCUT2D eigenvalue weighted by Gasteiger charge is 2.16. The Hall–Kier alpha value is -8.00. The number of hydrogen-bond donors (Lipinski definition) is 0. The largest absolute Gasteiger partial charge is 0.311 e. The monoisotopic (exact) mass is 775 g/mol. The van der Waals surface area contributed by atoms with Gasteiger partial charge < -0.3 is 4.90 Å². The second kappa shape index (κ2) is 15.6. The molecule has 0 fully saturated rings. The number of rotatable bonds is 8. The minimum Gasteiger partial charge on any atom is -0.311 e. The van der Waals surface area contributed by atoms with Gasteiger partial charge in [0, 0.05) is 17.1 Å². The van der Waals surface area contributed by atoms with E-state index in [1.807, 2.05) is 0 Å². The molecule has 11 aromatic rings. The van der Waals surface area contributed by atoms with Gasteiger partial charge in [-0.2, -0.15) is 0 Å². The number of benzene rings is 11. The van der Waals surface area contributed by atoms with E-state index in [1.54, 1.807) is 0 Å². The average Bonchev–Trinajstić information content (AvgIpc) is 3.35. The summed E-state index contributed by atoms with van der Waals surface area (Å²) in [5.74, 6) is 0. The minimum atomic E-state index is 1.09. The summed E-state index contributed by atoms with van der Waals surface area (Å²) >= 11 is 0. The first-order chi connectivity index (χ1) is 30.2. The van der Waals surface area contributed by atoms with Crippen molar-refractivity contribution in [2.45, 2.75) is 0 Å². The van der Waals surface area contributed by atoms with Gasteiger partial charge in [-0.1, -0.05) is 206 Å². The van der Waals surface area contributed by atoms with Gasteiger partial charge in [-0.25, -0.2) is 0 Å². The lowest BCUT2D eigenvalue weighted by Crippen LogP contribution is -2.09. The normalized spacial score (nSPS) is 11.3. The smallest absolute Gasteiger partial charge is 0.0462 e. The van der Waals surface area contributed by atoms with Gasteiger partial charge in [-0.05, 0) is 130 Å². The van der Waals surface area contributed by atoms with Crippen LogP contribution in [0, 0.1) is 0 Å². The lowest BCUT2D eigenvalue weighted by Gasteiger charge is -2.26. The van der Waals surface area contributed by atoms with Crippen molar-refractivity contribution in [3.05, 3.63) is 249 Å². The van der Waals surface area contributed by atoms with E-state index >= 15 is 0 Å². The summed E-state index contributed by atoms with van der Waals surface area (Å²) in [5.41, 5.74) is 15.4. The Bertz CT molecular complexity index is 3300. The van der Waals surface area contributed by atoms with E-state index in [0.29, 0.717) is 0 Å². The first-order valence-electron chi connectivity index (χ1n) is 21.0. The number of nitrogens with zero attached hydrogens (tertiary/aromatic N) is 1.